The van der Waals surface area contributed by atoms with Crippen LogP contribution in [0.5, 0.6) is 0 Å². The Morgan fingerprint density at radius 3 is 2.37 bits per heavy atom. The number of nitrogens with zero attached hydrogens (tertiary/aromatic N) is 1. The van der Waals surface area contributed by atoms with E-state index in [0.717, 1.165) is 22.0 Å². The van der Waals surface area contributed by atoms with E-state index in [-0.39, 0.29) is 0 Å². The average molecular weight is 392 g/mol. The second-order valence-corrected chi connectivity index (χ2v) is 7.43. The topological polar surface area (TPSA) is 15.3 Å². The van der Waals surface area contributed by atoms with Gasteiger partial charge in [-0.25, -0.2) is 0 Å². The Bertz CT molecular complexity index is 382. The van der Waals surface area contributed by atoms with E-state index in [1.54, 1.807) is 0 Å². The van der Waals surface area contributed by atoms with Gasteiger partial charge in [-0.1, -0.05) is 19.9 Å². The fraction of sp³-hybridized carbons (Fsp3) is 0.600. The fourth-order valence-corrected chi connectivity index (χ4v) is 2.82. The van der Waals surface area contributed by atoms with E-state index in [2.05, 4.69) is 88.2 Å². The molecule has 0 aliphatic rings. The number of nitrogens with one attached hydrogen (secondary N) is 1. The van der Waals surface area contributed by atoms with Gasteiger partial charge in [0, 0.05) is 28.1 Å². The molecule has 1 aromatic rings. The first-order chi connectivity index (χ1) is 8.88. The molecule has 0 aliphatic carbocycles. The number of rotatable bonds is 7. The molecule has 0 aliphatic heterocycles. The van der Waals surface area contributed by atoms with Crippen LogP contribution in [0.25, 0.3) is 0 Å². The molecule has 0 heterocycles. The van der Waals surface area contributed by atoms with Crippen molar-refractivity contribution in [2.45, 2.75) is 32.9 Å². The molecule has 1 rings (SSSR count). The van der Waals surface area contributed by atoms with Crippen LogP contribution in [0.15, 0.2) is 27.1 Å². The molecule has 0 amide bonds. The first kappa shape index (κ1) is 17.2. The van der Waals surface area contributed by atoms with Crippen molar-refractivity contribution in [1.29, 1.82) is 0 Å². The van der Waals surface area contributed by atoms with Gasteiger partial charge in [-0.3, -0.25) is 0 Å². The Kier molecular flexibility index (Phi) is 7.58. The summed E-state index contributed by atoms with van der Waals surface area (Å²) in [7, 11) is 4.26. The third kappa shape index (κ3) is 6.89. The number of benzene rings is 1. The zero-order valence-corrected chi connectivity index (χ0v) is 15.4. The van der Waals surface area contributed by atoms with Gasteiger partial charge in [0.15, 0.2) is 0 Å². The Morgan fingerprint density at radius 1 is 1.16 bits per heavy atom. The van der Waals surface area contributed by atoms with Crippen molar-refractivity contribution in [3.05, 3.63) is 32.7 Å². The Labute approximate surface area is 134 Å². The number of likely N-dealkylation sites (N-methyl/N-ethyl adjacent to an activating group) is 1. The molecule has 19 heavy (non-hydrogen) atoms. The normalized spacial score (nSPS) is 13.3. The summed E-state index contributed by atoms with van der Waals surface area (Å²) < 4.78 is 2.21. The van der Waals surface area contributed by atoms with Crippen LogP contribution in [0.1, 0.15) is 25.8 Å². The second kappa shape index (κ2) is 8.40. The van der Waals surface area contributed by atoms with Crippen molar-refractivity contribution in [2.75, 3.05) is 20.6 Å². The van der Waals surface area contributed by atoms with Gasteiger partial charge in [0.25, 0.3) is 0 Å². The first-order valence-corrected chi connectivity index (χ1v) is 8.29. The van der Waals surface area contributed by atoms with Gasteiger partial charge in [0.2, 0.25) is 0 Å². The minimum atomic E-state index is 0.539. The van der Waals surface area contributed by atoms with Crippen molar-refractivity contribution >= 4 is 31.9 Å². The van der Waals surface area contributed by atoms with Gasteiger partial charge >= 0.3 is 0 Å². The predicted molar refractivity (Wildman–Crippen MR) is 90.5 cm³/mol. The van der Waals surface area contributed by atoms with Crippen LogP contribution >= 0.6 is 31.9 Å². The van der Waals surface area contributed by atoms with Gasteiger partial charge in [-0.2, -0.15) is 0 Å². The van der Waals surface area contributed by atoms with Crippen molar-refractivity contribution in [3.63, 3.8) is 0 Å². The molecule has 1 aromatic carbocycles. The molecule has 2 nitrogen and oxygen atoms in total. The summed E-state index contributed by atoms with van der Waals surface area (Å²) in [5, 5.41) is 3.67. The molecule has 0 radical (unpaired) electrons. The van der Waals surface area contributed by atoms with Crippen molar-refractivity contribution in [3.8, 4) is 0 Å². The molecule has 1 N–H and O–H groups in total. The van der Waals surface area contributed by atoms with E-state index in [0.29, 0.717) is 12.0 Å². The Morgan fingerprint density at radius 2 is 1.84 bits per heavy atom. The maximum absolute atomic E-state index is 3.67. The molecule has 0 aromatic heterocycles. The molecular formula is C15H24Br2N2. The molecule has 0 saturated heterocycles. The van der Waals surface area contributed by atoms with Crippen molar-refractivity contribution < 1.29 is 0 Å². The van der Waals surface area contributed by atoms with E-state index >= 15 is 0 Å². The van der Waals surface area contributed by atoms with Crippen LogP contribution in [0.2, 0.25) is 0 Å². The Balaban J connectivity index is 2.56. The lowest BCUT2D eigenvalue weighted by Gasteiger charge is -2.24. The molecule has 0 saturated carbocycles. The van der Waals surface area contributed by atoms with Gasteiger partial charge < -0.3 is 10.2 Å². The van der Waals surface area contributed by atoms with Crippen molar-refractivity contribution in [2.24, 2.45) is 5.92 Å². The van der Waals surface area contributed by atoms with Gasteiger partial charge in [0.05, 0.1) is 0 Å². The van der Waals surface area contributed by atoms with Crippen LogP contribution in [0, 0.1) is 5.92 Å². The van der Waals surface area contributed by atoms with E-state index in [1.807, 2.05) is 0 Å². The largest absolute Gasteiger partial charge is 0.309 e. The summed E-state index contributed by atoms with van der Waals surface area (Å²) in [5.74, 6) is 0.717. The maximum Gasteiger partial charge on any atom is 0.0320 e. The summed E-state index contributed by atoms with van der Waals surface area (Å²) in [6.45, 7) is 6.55. The summed E-state index contributed by atoms with van der Waals surface area (Å²) in [6, 6.07) is 6.95. The summed E-state index contributed by atoms with van der Waals surface area (Å²) in [5.41, 5.74) is 1.31. The fourth-order valence-electron chi connectivity index (χ4n) is 2.14. The van der Waals surface area contributed by atoms with Gasteiger partial charge in [-0.15, -0.1) is 0 Å². The summed E-state index contributed by atoms with van der Waals surface area (Å²) in [6.07, 6.45) is 1.20. The molecule has 1 atom stereocenters. The number of hydrogen-bond acceptors (Lipinski definition) is 2. The van der Waals surface area contributed by atoms with Crippen LogP contribution in [0.3, 0.4) is 0 Å². The standard InChI is InChI=1S/C15H24Br2N2/c1-11(2)7-13(10-19(3)4)18-9-12-5-6-14(16)15(17)8-12/h5-6,8,11,13,18H,7,9-10H2,1-4H3. The highest BCUT2D eigenvalue weighted by atomic mass is 79.9. The third-order valence-corrected chi connectivity index (χ3v) is 4.80. The van der Waals surface area contributed by atoms with Crippen LogP contribution < -0.4 is 5.32 Å². The van der Waals surface area contributed by atoms with Crippen LogP contribution in [-0.2, 0) is 6.54 Å². The number of hydrogen-bond donors (Lipinski definition) is 1. The maximum atomic E-state index is 3.67. The molecule has 0 spiro atoms. The van der Waals surface area contributed by atoms with Gasteiger partial charge in [-0.05, 0) is 76.0 Å². The highest BCUT2D eigenvalue weighted by Crippen LogP contribution is 2.23. The quantitative estimate of drug-likeness (QED) is 0.746. The molecule has 0 bridgehead atoms. The zero-order chi connectivity index (χ0) is 14.4. The van der Waals surface area contributed by atoms with E-state index < -0.39 is 0 Å². The van der Waals surface area contributed by atoms with E-state index in [4.69, 9.17) is 0 Å². The number of halogens is 2. The van der Waals surface area contributed by atoms with Crippen LogP contribution in [0.4, 0.5) is 0 Å². The monoisotopic (exact) mass is 390 g/mol. The van der Waals surface area contributed by atoms with Crippen molar-refractivity contribution in [1.82, 2.24) is 10.2 Å². The molecular weight excluding hydrogens is 368 g/mol. The van der Waals surface area contributed by atoms with E-state index in [9.17, 15) is 0 Å². The minimum Gasteiger partial charge on any atom is -0.309 e. The summed E-state index contributed by atoms with van der Waals surface area (Å²) >= 11 is 7.05. The molecule has 1 unspecified atom stereocenters. The highest BCUT2D eigenvalue weighted by molar-refractivity contribution is 9.13. The molecule has 108 valence electrons. The second-order valence-electron chi connectivity index (χ2n) is 5.72. The lowest BCUT2D eigenvalue weighted by Crippen LogP contribution is -2.38. The molecule has 4 heteroatoms. The zero-order valence-electron chi connectivity index (χ0n) is 12.2. The highest BCUT2D eigenvalue weighted by Gasteiger charge is 2.11. The lowest BCUT2D eigenvalue weighted by molar-refractivity contribution is 0.305. The Hall–Kier alpha value is 0.1000. The first-order valence-electron chi connectivity index (χ1n) is 6.70. The third-order valence-electron chi connectivity index (χ3n) is 2.92. The van der Waals surface area contributed by atoms with E-state index in [1.165, 1.54) is 12.0 Å². The minimum absolute atomic E-state index is 0.539. The average Bonchev–Trinajstić information content (AvgIpc) is 2.29. The molecule has 0 fully saturated rings. The van der Waals surface area contributed by atoms with Gasteiger partial charge in [0.1, 0.15) is 0 Å². The summed E-state index contributed by atoms with van der Waals surface area (Å²) in [4.78, 5) is 2.25. The van der Waals surface area contributed by atoms with Crippen LogP contribution in [-0.4, -0.2) is 31.6 Å². The smallest absolute Gasteiger partial charge is 0.0320 e. The predicted octanol–water partition coefficient (Wildman–Crippen LogP) is 4.28. The lowest BCUT2D eigenvalue weighted by atomic mass is 10.0. The SMILES string of the molecule is CC(C)CC(CN(C)C)NCc1ccc(Br)c(Br)c1.